The number of benzene rings is 1. The molecule has 0 aliphatic carbocycles. The van der Waals surface area contributed by atoms with Gasteiger partial charge in [0.1, 0.15) is 12.4 Å². The predicted molar refractivity (Wildman–Crippen MR) is 111 cm³/mol. The molecule has 9 nitrogen and oxygen atoms in total. The fraction of sp³-hybridized carbons (Fsp3) is 0.571. The molecular formula is C21H30N4O5. The van der Waals surface area contributed by atoms with E-state index in [9.17, 15) is 4.79 Å². The monoisotopic (exact) mass is 418 g/mol. The summed E-state index contributed by atoms with van der Waals surface area (Å²) >= 11 is 0. The molecule has 1 amide bonds. The van der Waals surface area contributed by atoms with Crippen molar-refractivity contribution < 1.29 is 23.7 Å². The molecule has 0 spiro atoms. The van der Waals surface area contributed by atoms with E-state index in [1.54, 1.807) is 12.3 Å². The zero-order chi connectivity index (χ0) is 21.2. The van der Waals surface area contributed by atoms with E-state index in [1.165, 1.54) is 4.68 Å². The normalized spacial score (nSPS) is 16.6. The van der Waals surface area contributed by atoms with E-state index in [4.69, 9.17) is 18.9 Å². The van der Waals surface area contributed by atoms with Gasteiger partial charge in [-0.25, -0.2) is 4.68 Å². The summed E-state index contributed by atoms with van der Waals surface area (Å²) in [5, 5.41) is 10.8. The van der Waals surface area contributed by atoms with Crippen molar-refractivity contribution in [2.45, 2.75) is 52.0 Å². The summed E-state index contributed by atoms with van der Waals surface area (Å²) in [6.07, 6.45) is 4.46. The number of anilines is 1. The third kappa shape index (κ3) is 6.51. The van der Waals surface area contributed by atoms with E-state index in [2.05, 4.69) is 15.6 Å². The Bertz CT molecular complexity index is 785. The van der Waals surface area contributed by atoms with Gasteiger partial charge in [-0.2, -0.15) is 0 Å². The summed E-state index contributed by atoms with van der Waals surface area (Å²) in [5.74, 6) is 0.232. The Hall–Kier alpha value is -2.49. The number of hydrogen-bond donors (Lipinski definition) is 1. The highest BCUT2D eigenvalue weighted by Crippen LogP contribution is 2.25. The Labute approximate surface area is 176 Å². The van der Waals surface area contributed by atoms with Crippen LogP contribution in [0.1, 0.15) is 43.6 Å². The molecule has 1 fully saturated rings. The molecule has 2 aromatic rings. The van der Waals surface area contributed by atoms with Gasteiger partial charge in [0.05, 0.1) is 24.5 Å². The van der Waals surface area contributed by atoms with Gasteiger partial charge in [-0.3, -0.25) is 4.79 Å². The van der Waals surface area contributed by atoms with Crippen LogP contribution >= 0.6 is 0 Å². The number of nitrogens with one attached hydrogen (secondary N) is 1. The van der Waals surface area contributed by atoms with Crippen molar-refractivity contribution in [3.05, 3.63) is 36.2 Å². The molecule has 1 aliphatic heterocycles. The topological polar surface area (TPSA) is 96.7 Å². The van der Waals surface area contributed by atoms with Crippen LogP contribution in [0.3, 0.4) is 0 Å². The van der Waals surface area contributed by atoms with Gasteiger partial charge in [0.2, 0.25) is 0 Å². The van der Waals surface area contributed by atoms with E-state index in [0.717, 1.165) is 25.9 Å². The minimum absolute atomic E-state index is 0.0889. The second-order valence-electron chi connectivity index (χ2n) is 6.92. The molecule has 3 rings (SSSR count). The van der Waals surface area contributed by atoms with Crippen molar-refractivity contribution in [2.75, 3.05) is 31.7 Å². The van der Waals surface area contributed by atoms with Crippen LogP contribution in [0, 0.1) is 0 Å². The quantitative estimate of drug-likeness (QED) is 0.561. The minimum atomic E-state index is -0.436. The number of hydrogen-bond acceptors (Lipinski definition) is 7. The number of para-hydroxylation sites is 2. The molecule has 1 saturated heterocycles. The third-order valence-electron chi connectivity index (χ3n) is 4.65. The molecule has 0 bridgehead atoms. The summed E-state index contributed by atoms with van der Waals surface area (Å²) in [7, 11) is 0. The molecule has 1 aromatic heterocycles. The number of nitrogens with zero attached hydrogens (tertiary/aromatic N) is 3. The highest BCUT2D eigenvalue weighted by atomic mass is 16.7. The summed E-state index contributed by atoms with van der Waals surface area (Å²) in [4.78, 5) is 12.7. The zero-order valence-corrected chi connectivity index (χ0v) is 17.6. The number of carbonyl (C=O) groups excluding carboxylic acids is 1. The van der Waals surface area contributed by atoms with E-state index in [1.807, 2.05) is 32.0 Å². The summed E-state index contributed by atoms with van der Waals surface area (Å²) in [6.45, 7) is 6.42. The smallest absolute Gasteiger partial charge is 0.277 e. The number of rotatable bonds is 11. The molecule has 0 radical (unpaired) electrons. The van der Waals surface area contributed by atoms with Crippen molar-refractivity contribution in [3.63, 3.8) is 0 Å². The molecule has 30 heavy (non-hydrogen) atoms. The lowest BCUT2D eigenvalue weighted by atomic mass is 10.1. The highest BCUT2D eigenvalue weighted by molar-refractivity contribution is 6.03. The fourth-order valence-corrected chi connectivity index (χ4v) is 3.17. The van der Waals surface area contributed by atoms with E-state index >= 15 is 0 Å². The zero-order valence-electron chi connectivity index (χ0n) is 17.6. The largest absolute Gasteiger partial charge is 0.489 e. The lowest BCUT2D eigenvalue weighted by molar-refractivity contribution is -0.145. The van der Waals surface area contributed by atoms with Gasteiger partial charge in [0, 0.05) is 19.8 Å². The second kappa shape index (κ2) is 11.6. The van der Waals surface area contributed by atoms with E-state index < -0.39 is 6.29 Å². The van der Waals surface area contributed by atoms with Gasteiger partial charge in [0.25, 0.3) is 5.91 Å². The lowest BCUT2D eigenvalue weighted by Crippen LogP contribution is -2.26. The summed E-state index contributed by atoms with van der Waals surface area (Å²) < 4.78 is 24.2. The summed E-state index contributed by atoms with van der Waals surface area (Å²) in [6, 6.07) is 7.32. The van der Waals surface area contributed by atoms with Gasteiger partial charge >= 0.3 is 0 Å². The van der Waals surface area contributed by atoms with E-state index in [-0.39, 0.29) is 17.7 Å². The van der Waals surface area contributed by atoms with Crippen LogP contribution in [0.5, 0.6) is 5.75 Å². The Morgan fingerprint density at radius 1 is 1.27 bits per heavy atom. The molecule has 1 N–H and O–H groups in total. The maximum atomic E-state index is 12.7. The molecule has 1 aromatic carbocycles. The van der Waals surface area contributed by atoms with Crippen LogP contribution < -0.4 is 10.1 Å². The number of aromatic nitrogens is 3. The van der Waals surface area contributed by atoms with Crippen LogP contribution in [0.25, 0.3) is 0 Å². The molecular weight excluding hydrogens is 388 g/mol. The maximum Gasteiger partial charge on any atom is 0.277 e. The predicted octanol–water partition coefficient (Wildman–Crippen LogP) is 2.88. The van der Waals surface area contributed by atoms with Crippen molar-refractivity contribution in [1.82, 2.24) is 15.0 Å². The number of ether oxygens (including phenoxy) is 4. The van der Waals surface area contributed by atoms with Gasteiger partial charge in [-0.1, -0.05) is 17.3 Å². The molecule has 0 saturated carbocycles. The average molecular weight is 418 g/mol. The number of amides is 1. The number of carbonyl (C=O) groups is 1. The highest BCUT2D eigenvalue weighted by Gasteiger charge is 2.18. The van der Waals surface area contributed by atoms with Crippen molar-refractivity contribution in [2.24, 2.45) is 0 Å². The Morgan fingerprint density at radius 3 is 2.80 bits per heavy atom. The molecule has 1 atom stereocenters. The lowest BCUT2D eigenvalue weighted by Gasteiger charge is -2.23. The van der Waals surface area contributed by atoms with Crippen LogP contribution in [-0.4, -0.2) is 59.7 Å². The average Bonchev–Trinajstić information content (AvgIpc) is 3.23. The first kappa shape index (κ1) is 22.2. The van der Waals surface area contributed by atoms with Gasteiger partial charge in [-0.05, 0) is 45.2 Å². The summed E-state index contributed by atoms with van der Waals surface area (Å²) in [5.41, 5.74) is 0.779. The van der Waals surface area contributed by atoms with Gasteiger partial charge in [0.15, 0.2) is 12.0 Å². The van der Waals surface area contributed by atoms with Crippen molar-refractivity contribution in [1.29, 1.82) is 0 Å². The van der Waals surface area contributed by atoms with Crippen LogP contribution in [-0.2, 0) is 20.8 Å². The standard InChI is InChI=1S/C21H30N4O5/c1-3-27-20(28-4-2)14-25-13-18(23-24-25)21(26)22-17-10-5-6-11-19(17)30-15-16-9-7-8-12-29-16/h5-6,10-11,13,16,20H,3-4,7-9,12,14-15H2,1-2H3,(H,22,26). The first-order valence-corrected chi connectivity index (χ1v) is 10.5. The first-order valence-electron chi connectivity index (χ1n) is 10.5. The van der Waals surface area contributed by atoms with Crippen LogP contribution in [0.2, 0.25) is 0 Å². The molecule has 1 unspecified atom stereocenters. The van der Waals surface area contributed by atoms with Gasteiger partial charge < -0.3 is 24.3 Å². The molecule has 164 valence electrons. The van der Waals surface area contributed by atoms with E-state index in [0.29, 0.717) is 37.8 Å². The molecule has 1 aliphatic rings. The SMILES string of the molecule is CCOC(Cn1cc(C(=O)Nc2ccccc2OCC2CCCCO2)nn1)OCC. The fourth-order valence-electron chi connectivity index (χ4n) is 3.17. The second-order valence-corrected chi connectivity index (χ2v) is 6.92. The Balaban J connectivity index is 1.58. The molecule has 2 heterocycles. The van der Waals surface area contributed by atoms with Crippen LogP contribution in [0.15, 0.2) is 30.5 Å². The Kier molecular flexibility index (Phi) is 8.61. The third-order valence-corrected chi connectivity index (χ3v) is 4.65. The van der Waals surface area contributed by atoms with Crippen LogP contribution in [0.4, 0.5) is 5.69 Å². The maximum absolute atomic E-state index is 12.7. The van der Waals surface area contributed by atoms with Gasteiger partial charge in [-0.15, -0.1) is 5.10 Å². The minimum Gasteiger partial charge on any atom is -0.489 e. The first-order chi connectivity index (χ1) is 14.7. The van der Waals surface area contributed by atoms with Crippen molar-refractivity contribution >= 4 is 11.6 Å². The Morgan fingerprint density at radius 2 is 2.07 bits per heavy atom. The van der Waals surface area contributed by atoms with Crippen molar-refractivity contribution in [3.8, 4) is 5.75 Å². The molecule has 9 heteroatoms.